The molecule has 690 valence electrons. The van der Waals surface area contributed by atoms with E-state index >= 15 is 0 Å². The Kier molecular flexibility index (Phi) is 27.0. The lowest BCUT2D eigenvalue weighted by molar-refractivity contribution is -0.130. The molecule has 0 radical (unpaired) electrons. The summed E-state index contributed by atoms with van der Waals surface area (Å²) in [4.78, 5) is 139. The molecule has 10 aliphatic rings. The minimum atomic E-state index is -0.525. The topological polar surface area (TPSA) is 252 Å². The van der Waals surface area contributed by atoms with E-state index in [4.69, 9.17) is 70.9 Å². The monoisotopic (exact) mass is 1830 g/mol. The van der Waals surface area contributed by atoms with Crippen molar-refractivity contribution in [3.05, 3.63) is 325 Å². The lowest BCUT2D eigenvalue weighted by Gasteiger charge is -2.46. The number of amides is 2. The van der Waals surface area contributed by atoms with Crippen molar-refractivity contribution in [1.29, 1.82) is 0 Å². The first-order valence-corrected chi connectivity index (χ1v) is 47.5. The molecule has 0 bridgehead atoms. The summed E-state index contributed by atoms with van der Waals surface area (Å²) in [7, 11) is 0. The van der Waals surface area contributed by atoms with Crippen LogP contribution in [0.4, 0.5) is 4.79 Å². The minimum absolute atomic E-state index is 0. The molecule has 2 aliphatic heterocycles. The van der Waals surface area contributed by atoms with Gasteiger partial charge in [0.2, 0.25) is 28.7 Å². The van der Waals surface area contributed by atoms with E-state index in [9.17, 15) is 28.8 Å². The molecule has 10 aromatic rings. The maximum Gasteiger partial charge on any atom is 0.410 e. The number of hydrogen-bond donors (Lipinski definition) is 0. The van der Waals surface area contributed by atoms with Crippen molar-refractivity contribution in [2.24, 2.45) is 47.3 Å². The fraction of sp³-hybridized carbons (Fsp3) is 0.389. The molecule has 2 fully saturated rings. The van der Waals surface area contributed by atoms with Gasteiger partial charge in [-0.25, -0.2) is 64.0 Å². The Bertz CT molecular complexity index is 6710. The van der Waals surface area contributed by atoms with Crippen LogP contribution in [-0.2, 0) is 76.1 Å². The lowest BCUT2D eigenvalue weighted by Crippen LogP contribution is -2.46. The molecular weight excluding hydrogens is 1710 g/mol. The second-order valence-corrected chi connectivity index (χ2v) is 39.9. The third-order valence-electron chi connectivity index (χ3n) is 30.5. The first-order chi connectivity index (χ1) is 64.8. The molecule has 0 spiro atoms. The predicted molar refractivity (Wildman–Crippen MR) is 527 cm³/mol. The largest absolute Gasteiger partial charge is 0.444 e. The number of carbonyl (C=O) groups excluding carboxylic acids is 6. The van der Waals surface area contributed by atoms with Crippen molar-refractivity contribution < 1.29 is 33.5 Å². The lowest BCUT2D eigenvalue weighted by atomic mass is 9.58. The van der Waals surface area contributed by atoms with Gasteiger partial charge in [0.15, 0.2) is 34.8 Å². The molecule has 0 saturated carbocycles. The van der Waals surface area contributed by atoms with Crippen LogP contribution in [0.1, 0.15) is 209 Å². The number of nitrogens with zero attached hydrogens (tertiary/aromatic N) is 15. The predicted octanol–water partition coefficient (Wildman–Crippen LogP) is 22.2. The van der Waals surface area contributed by atoms with E-state index in [1.165, 1.54) is 0 Å². The molecule has 0 unspecified atom stereocenters. The number of Topliss-reactive ketones (excluding diaryl/α,β-unsaturated/α-hetero) is 4. The average molecular weight is 1830 g/mol. The number of aromatic nitrogens is 9. The number of ketones is 4. The first-order valence-electron chi connectivity index (χ1n) is 47.5. The fourth-order valence-corrected chi connectivity index (χ4v) is 23.3. The summed E-state index contributed by atoms with van der Waals surface area (Å²) >= 11 is 0. The maximum atomic E-state index is 12.9. The van der Waals surface area contributed by atoms with E-state index in [1.807, 2.05) is 200 Å². The van der Waals surface area contributed by atoms with Crippen LogP contribution in [0.5, 0.6) is 0 Å². The van der Waals surface area contributed by atoms with Crippen molar-refractivity contribution in [3.63, 3.8) is 0 Å². The number of rotatable bonds is 8. The van der Waals surface area contributed by atoms with Crippen molar-refractivity contribution >= 4 is 47.5 Å². The van der Waals surface area contributed by atoms with Gasteiger partial charge in [-0.1, -0.05) is 231 Å². The number of piperidine rings is 2. The van der Waals surface area contributed by atoms with E-state index in [0.29, 0.717) is 37.8 Å². The van der Waals surface area contributed by atoms with E-state index in [-0.39, 0.29) is 130 Å². The Hall–Kier alpha value is -13.8. The molecule has 23 heteroatoms. The molecule has 136 heavy (non-hydrogen) atoms. The Morgan fingerprint density at radius 3 is 0.949 bits per heavy atom. The van der Waals surface area contributed by atoms with Crippen molar-refractivity contribution in [3.8, 4) is 67.8 Å². The van der Waals surface area contributed by atoms with Gasteiger partial charge in [0.05, 0.1) is 71.8 Å². The van der Waals surface area contributed by atoms with Gasteiger partial charge in [0.25, 0.3) is 0 Å². The fourth-order valence-electron chi connectivity index (χ4n) is 23.3. The molecule has 7 heterocycles. The Balaban J connectivity index is 0.000000132. The summed E-state index contributed by atoms with van der Waals surface area (Å²) in [5, 5.41) is 0. The summed E-state index contributed by atoms with van der Waals surface area (Å²) in [6.07, 6.45) is 18.9. The number of allylic oxidation sites excluding steroid dienone is 8. The highest BCUT2D eigenvalue weighted by atomic mass is 35.5. The van der Waals surface area contributed by atoms with Gasteiger partial charge in [0, 0.05) is 158 Å². The zero-order valence-corrected chi connectivity index (χ0v) is 80.4. The van der Waals surface area contributed by atoms with Crippen LogP contribution in [0, 0.1) is 80.6 Å². The number of likely N-dealkylation sites (tertiary alicyclic amines) is 2. The van der Waals surface area contributed by atoms with Gasteiger partial charge in [-0.05, 0) is 141 Å². The molecule has 2 saturated heterocycles. The van der Waals surface area contributed by atoms with Gasteiger partial charge < -0.3 is 33.7 Å². The smallest absolute Gasteiger partial charge is 0.410 e. The van der Waals surface area contributed by atoms with Crippen LogP contribution < -0.4 is 0 Å². The Labute approximate surface area is 803 Å². The minimum Gasteiger partial charge on any atom is -0.444 e. The summed E-state index contributed by atoms with van der Waals surface area (Å²) in [6, 6.07) is 54.8. The quantitative estimate of drug-likeness (QED) is 0.128. The highest BCUT2D eigenvalue weighted by Gasteiger charge is 2.55. The molecule has 0 N–H and O–H groups in total. The standard InChI is InChI=1S/C31H36N4O3.C28H30N4O2.C27H24N4O.C27H23N3O.ClH/c1-19-23-13-12-22-25(20-10-8-7-9-11-20)33-28(34-27(22)31(23,5)18-24(32-6)26(19)36)21-14-16-35(17-15-21)29(37)38-30(2,3)4;1-17-22-11-10-21-24(19-8-6-5-7-9-19)30-27(20-12-14-32(15-13-20)18(2)33)31-26(21)28(22,3)16-23(29-4)25(17)34;1-16-14-19(12-13-29-16)26-30-23(18-8-6-5-7-9-18)20-10-11-21-17(2)24(32)22(28-4)15-27(21,3)25(20)31-26;1-17-21-15-14-20-23(18-10-6-4-7-11-18)29-26(19-12-8-5-9-13-19)30-25(20)27(21,2)16-22(28-3)24(17)31;/h7-11,18-19,21,23H,12-17H2,1-5H3;5-9,16-17,20,22H,10-15H2,1-3H3;5-9,12-15,17,21H,10-11H2,1-3H3;4-13,16-17,21H,14-15H2,1-2H3;1H/t19-,23-,31-;17-,22-,28-;2*17-,21-,27-;/m1111./s1. The van der Waals surface area contributed by atoms with Crippen LogP contribution in [0.15, 0.2) is 217 Å². The van der Waals surface area contributed by atoms with Gasteiger partial charge >= 0.3 is 6.09 Å². The van der Waals surface area contributed by atoms with Crippen LogP contribution in [-0.4, -0.2) is 122 Å². The number of pyridine rings is 1. The van der Waals surface area contributed by atoms with Crippen molar-refractivity contribution in [1.82, 2.24) is 54.7 Å². The number of carbonyl (C=O) groups is 6. The summed E-state index contributed by atoms with van der Waals surface area (Å²) in [5.74, 6) is 2.77. The van der Waals surface area contributed by atoms with Gasteiger partial charge in [0.1, 0.15) is 17.2 Å². The van der Waals surface area contributed by atoms with Crippen LogP contribution in [0.2, 0.25) is 0 Å². The van der Waals surface area contributed by atoms with Crippen LogP contribution >= 0.6 is 12.4 Å². The summed E-state index contributed by atoms with van der Waals surface area (Å²) in [6.45, 7) is 58.6. The number of benzene rings is 5. The third kappa shape index (κ3) is 17.9. The van der Waals surface area contributed by atoms with Crippen molar-refractivity contribution in [2.45, 2.75) is 206 Å². The molecule has 2 amide bonds. The van der Waals surface area contributed by atoms with E-state index in [1.54, 1.807) is 18.0 Å². The van der Waals surface area contributed by atoms with Crippen molar-refractivity contribution in [2.75, 3.05) is 26.2 Å². The molecule has 5 aromatic heterocycles. The van der Waals surface area contributed by atoms with E-state index in [0.717, 1.165) is 196 Å². The number of fused-ring (bicyclic) bond motifs is 12. The summed E-state index contributed by atoms with van der Waals surface area (Å²) < 4.78 is 5.58. The van der Waals surface area contributed by atoms with Gasteiger partial charge in [-0.3, -0.25) is 9.78 Å². The van der Waals surface area contributed by atoms with E-state index < -0.39 is 27.3 Å². The normalized spacial score (nSPS) is 25.2. The molecule has 8 aliphatic carbocycles. The third-order valence-corrected chi connectivity index (χ3v) is 30.5. The molecular formula is C113H114ClN15O7. The number of hydrogen-bond acceptors (Lipinski definition) is 16. The highest BCUT2D eigenvalue weighted by molar-refractivity contribution is 6.03. The maximum absolute atomic E-state index is 12.9. The SMILES string of the molecule is Cl.[C-]#[N+]C1=C[C@@]2(C)c3nc(-c4ccccc4)nc(-c4ccccc4)c3CC[C@@H]2[C@@H](C)C1=O.[C-]#[N+]C1=C[C@@]2(C)c3nc(-c4ccnc(C)c4)nc(-c4ccccc4)c3CC[C@@H]2[C@@H](C)C1=O.[C-]#[N+]C1=C[C@@]2(C)c3nc(C4CCN(C(=O)OC(C)(C)C)CC4)nc(-c4ccccc4)c3CC[C@@H]2[C@@H](C)C1=O.[C-]#[N+]C1=C[C@@]2(C)c3nc(C4CCN(C(C)=O)CC4)nc(-c4ccccc4)c3CC[C@@H]2[C@@H](C)C1=O. The summed E-state index contributed by atoms with van der Waals surface area (Å²) in [5.41, 5.74) is 17.6. The van der Waals surface area contributed by atoms with E-state index in [2.05, 4.69) is 101 Å². The molecule has 12 atom stereocenters. The number of halogens is 1. The van der Waals surface area contributed by atoms with Gasteiger partial charge in [-0.15, -0.1) is 12.4 Å². The zero-order chi connectivity index (χ0) is 95.3. The highest BCUT2D eigenvalue weighted by Crippen LogP contribution is 2.57. The first kappa shape index (κ1) is 95.4. The van der Waals surface area contributed by atoms with Gasteiger partial charge in [-0.2, -0.15) is 0 Å². The molecule has 22 nitrogen and oxygen atoms in total. The molecule has 20 rings (SSSR count). The zero-order valence-electron chi connectivity index (χ0n) is 79.5. The number of aryl methyl sites for hydroxylation is 1. The second kappa shape index (κ2) is 38.5. The average Bonchev–Trinajstić information content (AvgIpc) is 0.733. The second-order valence-electron chi connectivity index (χ2n) is 39.9. The Morgan fingerprint density at radius 2 is 0.662 bits per heavy atom. The van der Waals surface area contributed by atoms with Crippen LogP contribution in [0.3, 0.4) is 0 Å². The molecule has 5 aromatic carbocycles. The Morgan fingerprint density at radius 1 is 0.382 bits per heavy atom. The van der Waals surface area contributed by atoms with Crippen LogP contribution in [0.25, 0.3) is 87.2 Å². The number of ether oxygens (including phenoxy) is 1.